The fourth-order valence-electron chi connectivity index (χ4n) is 5.23. The Morgan fingerprint density at radius 2 is 1.62 bits per heavy atom. The second-order valence-electron chi connectivity index (χ2n) is 9.74. The smallest absolute Gasteiger partial charge is 0.453 e. The summed E-state index contributed by atoms with van der Waals surface area (Å²) in [6.45, 7) is 0.440. The first-order chi connectivity index (χ1) is 20.1. The Kier molecular flexibility index (Phi) is 7.12. The Balaban J connectivity index is 1.36. The molecule has 2 aliphatic heterocycles. The highest BCUT2D eigenvalue weighted by Crippen LogP contribution is 2.48. The topological polar surface area (TPSA) is 124 Å². The molecule has 2 aliphatic rings. The molecule has 0 bridgehead atoms. The van der Waals surface area contributed by atoms with E-state index in [0.29, 0.717) is 23.9 Å². The lowest BCUT2D eigenvalue weighted by molar-refractivity contribution is -0.274. The van der Waals surface area contributed by atoms with Gasteiger partial charge in [-0.15, -0.1) is 13.2 Å². The number of hydrogen-bond acceptors (Lipinski definition) is 9. The summed E-state index contributed by atoms with van der Waals surface area (Å²) in [6, 6.07) is 19.2. The average Bonchev–Trinajstić information content (AvgIpc) is 2.97. The molecule has 0 radical (unpaired) electrons. The number of alkyl halides is 3. The second kappa shape index (κ2) is 10.8. The van der Waals surface area contributed by atoms with E-state index < -0.39 is 40.2 Å². The number of nitrogens with zero attached hydrogens (tertiary/aromatic N) is 4. The first-order valence-electron chi connectivity index (χ1n) is 12.9. The summed E-state index contributed by atoms with van der Waals surface area (Å²) in [5.41, 5.74) is 1.44. The third kappa shape index (κ3) is 5.55. The number of hydrogen-bond donors (Lipinski definition) is 3. The quantitative estimate of drug-likeness (QED) is 0.288. The summed E-state index contributed by atoms with van der Waals surface area (Å²) in [5.74, 6) is 1.25. The fourth-order valence-corrected chi connectivity index (χ4v) is 6.52. The Hall–Kier alpha value is -4.40. The molecule has 1 fully saturated rings. The Morgan fingerprint density at radius 1 is 0.976 bits per heavy atom. The molecule has 4 unspecified atom stereocenters. The van der Waals surface area contributed by atoms with Crippen LogP contribution in [0.2, 0.25) is 0 Å². The lowest BCUT2D eigenvalue weighted by Gasteiger charge is -2.48. The number of para-hydroxylation sites is 4. The van der Waals surface area contributed by atoms with Crippen molar-refractivity contribution in [2.75, 3.05) is 22.9 Å². The van der Waals surface area contributed by atoms with E-state index in [1.165, 1.54) is 6.33 Å². The summed E-state index contributed by atoms with van der Waals surface area (Å²) in [7, 11) is -3.78. The predicted octanol–water partition coefficient (Wildman–Crippen LogP) is 4.85. The van der Waals surface area contributed by atoms with Crippen molar-refractivity contribution in [1.29, 1.82) is 4.78 Å². The Morgan fingerprint density at radius 3 is 2.21 bits per heavy atom. The first-order valence-corrected chi connectivity index (χ1v) is 14.4. The summed E-state index contributed by atoms with van der Waals surface area (Å²) in [4.78, 5) is 12.1. The molecule has 10 nitrogen and oxygen atoms in total. The van der Waals surface area contributed by atoms with Gasteiger partial charge in [-0.2, -0.15) is 0 Å². The van der Waals surface area contributed by atoms with Crippen LogP contribution in [-0.4, -0.2) is 56.9 Å². The number of ether oxygens (including phenoxy) is 2. The van der Waals surface area contributed by atoms with E-state index in [1.807, 2.05) is 58.3 Å². The fraction of sp³-hybridized carbons (Fsp3) is 0.214. The number of aliphatic hydroxyl groups is 1. The molecule has 1 saturated heterocycles. The van der Waals surface area contributed by atoms with E-state index in [0.717, 1.165) is 35.6 Å². The number of halogens is 3. The third-order valence-electron chi connectivity index (χ3n) is 7.03. The van der Waals surface area contributed by atoms with Crippen LogP contribution in [-0.2, 0) is 9.92 Å². The van der Waals surface area contributed by atoms with Gasteiger partial charge in [0.2, 0.25) is 0 Å². The Bertz CT molecular complexity index is 1630. The minimum absolute atomic E-state index is 0.0676. The average molecular weight is 599 g/mol. The van der Waals surface area contributed by atoms with E-state index in [1.54, 1.807) is 12.3 Å². The highest BCUT2D eigenvalue weighted by molar-refractivity contribution is 7.90. The van der Waals surface area contributed by atoms with Crippen molar-refractivity contribution < 1.29 is 32.0 Å². The molecule has 218 valence electrons. The van der Waals surface area contributed by atoms with E-state index in [2.05, 4.69) is 19.4 Å². The van der Waals surface area contributed by atoms with Crippen molar-refractivity contribution in [2.24, 2.45) is 0 Å². The zero-order valence-electron chi connectivity index (χ0n) is 21.8. The number of aromatic nitrogens is 2. The highest BCUT2D eigenvalue weighted by atomic mass is 32.2. The van der Waals surface area contributed by atoms with E-state index in [4.69, 9.17) is 9.52 Å². The predicted molar refractivity (Wildman–Crippen MR) is 148 cm³/mol. The van der Waals surface area contributed by atoms with Crippen LogP contribution in [0.4, 0.5) is 30.4 Å². The van der Waals surface area contributed by atoms with Gasteiger partial charge in [-0.05, 0) is 54.6 Å². The van der Waals surface area contributed by atoms with Crippen LogP contribution >= 0.6 is 0 Å². The maximum Gasteiger partial charge on any atom is 0.573 e. The van der Waals surface area contributed by atoms with Crippen molar-refractivity contribution in [2.45, 2.75) is 29.4 Å². The lowest BCUT2D eigenvalue weighted by Crippen LogP contribution is -2.65. The molecule has 4 aromatic rings. The molecule has 3 aromatic carbocycles. The minimum atomic E-state index is -4.88. The van der Waals surface area contributed by atoms with Gasteiger partial charge in [-0.1, -0.05) is 24.3 Å². The van der Waals surface area contributed by atoms with Gasteiger partial charge in [0.15, 0.2) is 11.5 Å². The molecular weight excluding hydrogens is 573 g/mol. The van der Waals surface area contributed by atoms with Crippen LogP contribution in [0, 0.1) is 4.78 Å². The van der Waals surface area contributed by atoms with Crippen LogP contribution in [0.5, 0.6) is 17.2 Å². The van der Waals surface area contributed by atoms with E-state index in [-0.39, 0.29) is 11.4 Å². The molecule has 0 amide bonds. The van der Waals surface area contributed by atoms with Gasteiger partial charge in [0.25, 0.3) is 0 Å². The largest absolute Gasteiger partial charge is 0.573 e. The molecular formula is C28H25F3N6O4S. The molecule has 3 N–H and O–H groups in total. The van der Waals surface area contributed by atoms with Crippen molar-refractivity contribution >= 4 is 27.1 Å². The number of piperidine rings is 1. The van der Waals surface area contributed by atoms with Crippen molar-refractivity contribution in [3.8, 4) is 17.2 Å². The summed E-state index contributed by atoms with van der Waals surface area (Å²) < 4.78 is 72.8. The monoisotopic (exact) mass is 598 g/mol. The maximum absolute atomic E-state index is 13.6. The van der Waals surface area contributed by atoms with Crippen LogP contribution < -0.4 is 24.0 Å². The number of aliphatic hydroxyl groups excluding tert-OH is 1. The molecule has 4 atom stereocenters. The van der Waals surface area contributed by atoms with Crippen LogP contribution in [0.1, 0.15) is 0 Å². The maximum atomic E-state index is 13.6. The van der Waals surface area contributed by atoms with Crippen LogP contribution in [0.3, 0.4) is 0 Å². The van der Waals surface area contributed by atoms with E-state index >= 15 is 0 Å². The van der Waals surface area contributed by atoms with Gasteiger partial charge in [0.05, 0.1) is 34.5 Å². The normalized spacial score (nSPS) is 21.5. The first kappa shape index (κ1) is 27.8. The molecule has 1 aromatic heterocycles. The van der Waals surface area contributed by atoms with Crippen LogP contribution in [0.15, 0.2) is 96.3 Å². The van der Waals surface area contributed by atoms with Gasteiger partial charge in [-0.3, -0.25) is 0 Å². The van der Waals surface area contributed by atoms with Gasteiger partial charge >= 0.3 is 6.36 Å². The van der Waals surface area contributed by atoms with Gasteiger partial charge in [-0.25, -0.2) is 23.7 Å². The molecule has 3 heterocycles. The minimum Gasteiger partial charge on any atom is -0.453 e. The van der Waals surface area contributed by atoms with Gasteiger partial charge in [0, 0.05) is 19.3 Å². The van der Waals surface area contributed by atoms with Gasteiger partial charge < -0.3 is 24.4 Å². The van der Waals surface area contributed by atoms with Gasteiger partial charge in [0.1, 0.15) is 27.8 Å². The molecule has 6 rings (SSSR count). The second-order valence-corrected chi connectivity index (χ2v) is 11.6. The van der Waals surface area contributed by atoms with Crippen molar-refractivity contribution in [1.82, 2.24) is 14.7 Å². The number of rotatable bonds is 6. The molecule has 42 heavy (non-hydrogen) atoms. The molecule has 0 spiro atoms. The molecule has 14 heteroatoms. The molecule has 0 aliphatic carbocycles. The van der Waals surface area contributed by atoms with E-state index in [9.17, 15) is 22.5 Å². The summed E-state index contributed by atoms with van der Waals surface area (Å²) >= 11 is 0. The van der Waals surface area contributed by atoms with Crippen molar-refractivity contribution in [3.05, 3.63) is 91.4 Å². The zero-order valence-corrected chi connectivity index (χ0v) is 22.6. The SMILES string of the molecule is N=S(=O)(NC1CN(c2ccncn2)CC(N2c3ccccc3Oc3ccccc32)C1O)c1ccc(OC(F)(F)F)cc1. The zero-order chi connectivity index (χ0) is 29.5. The summed E-state index contributed by atoms with van der Waals surface area (Å²) in [5, 5.41) is 11.8. The van der Waals surface area contributed by atoms with Crippen molar-refractivity contribution in [3.63, 3.8) is 0 Å². The lowest BCUT2D eigenvalue weighted by atomic mass is 9.94. The summed E-state index contributed by atoms with van der Waals surface area (Å²) in [6.07, 6.45) is -3.05. The number of anilines is 3. The molecule has 0 saturated carbocycles. The third-order valence-corrected chi connectivity index (χ3v) is 8.60. The highest BCUT2D eigenvalue weighted by Gasteiger charge is 2.43. The Labute approximate surface area is 239 Å². The number of benzene rings is 3. The van der Waals surface area contributed by atoms with Crippen LogP contribution in [0.25, 0.3) is 0 Å². The number of fused-ring (bicyclic) bond motifs is 2. The number of nitrogens with one attached hydrogen (secondary N) is 2. The standard InChI is InChI=1S/C28H25F3N6O4S/c29-28(30,31)41-18-9-11-19(12-10-18)42(32,39)35-20-15-36(26-13-14-33-17-34-26)16-23(27(20)38)37-21-5-1-3-7-24(21)40-25-8-4-2-6-22(25)37/h1-14,17,20,23,27,38H,15-16H2,(H2,32,35,39).